The van der Waals surface area contributed by atoms with Gasteiger partial charge in [0.1, 0.15) is 0 Å². The number of hydrogen-bond donors (Lipinski definition) is 0. The Labute approximate surface area is 90.5 Å². The fourth-order valence-corrected chi connectivity index (χ4v) is 2.74. The van der Waals surface area contributed by atoms with E-state index in [2.05, 4.69) is 27.7 Å². The van der Waals surface area contributed by atoms with Crippen molar-refractivity contribution in [2.24, 2.45) is 17.3 Å². The van der Waals surface area contributed by atoms with Crippen LogP contribution in [0, 0.1) is 17.3 Å². The molecule has 84 valence electrons. The van der Waals surface area contributed by atoms with Crippen molar-refractivity contribution < 1.29 is 0 Å². The molecule has 0 aliphatic heterocycles. The van der Waals surface area contributed by atoms with E-state index >= 15 is 0 Å². The Morgan fingerprint density at radius 1 is 1.21 bits per heavy atom. The molecule has 1 aliphatic carbocycles. The van der Waals surface area contributed by atoms with Crippen LogP contribution in [0.1, 0.15) is 72.6 Å². The maximum atomic E-state index is 2.48. The molecular formula is C14H28. The molecule has 1 atom stereocenters. The second-order valence-corrected chi connectivity index (χ2v) is 6.11. The van der Waals surface area contributed by atoms with Gasteiger partial charge in [-0.25, -0.2) is 0 Å². The number of hydrogen-bond acceptors (Lipinski definition) is 0. The first-order valence-electron chi connectivity index (χ1n) is 6.56. The van der Waals surface area contributed by atoms with Crippen LogP contribution < -0.4 is 0 Å². The Morgan fingerprint density at radius 2 is 1.86 bits per heavy atom. The molecule has 0 aromatic rings. The molecule has 0 nitrogen and oxygen atoms in total. The Hall–Kier alpha value is 0. The van der Waals surface area contributed by atoms with Gasteiger partial charge in [0.25, 0.3) is 0 Å². The summed E-state index contributed by atoms with van der Waals surface area (Å²) in [5.74, 6) is 1.88. The highest BCUT2D eigenvalue weighted by atomic mass is 14.4. The first kappa shape index (κ1) is 12.1. The maximum Gasteiger partial charge on any atom is -0.0326 e. The molecule has 0 heterocycles. The fraction of sp³-hybridized carbons (Fsp3) is 1.00. The Morgan fingerprint density at radius 3 is 2.21 bits per heavy atom. The summed E-state index contributed by atoms with van der Waals surface area (Å²) < 4.78 is 0. The molecule has 1 aliphatic rings. The lowest BCUT2D eigenvalue weighted by atomic mass is 9.66. The van der Waals surface area contributed by atoms with Gasteiger partial charge in [-0.15, -0.1) is 0 Å². The predicted octanol–water partition coefficient (Wildman–Crippen LogP) is 5.03. The molecular weight excluding hydrogens is 168 g/mol. The third kappa shape index (κ3) is 3.63. The van der Waals surface area contributed by atoms with E-state index in [9.17, 15) is 0 Å². The summed E-state index contributed by atoms with van der Waals surface area (Å²) in [5.41, 5.74) is 0.740. The zero-order valence-electron chi connectivity index (χ0n) is 10.6. The standard InChI is InChI=1S/C14H28/c1-5-13(11-12(2)3)7-10-14(4)8-6-9-14/h12-13H,5-11H2,1-4H3. The third-order valence-electron chi connectivity index (χ3n) is 4.10. The van der Waals surface area contributed by atoms with Gasteiger partial charge in [-0.05, 0) is 49.4 Å². The average Bonchev–Trinajstić information content (AvgIpc) is 2.08. The van der Waals surface area contributed by atoms with Crippen molar-refractivity contribution in [1.29, 1.82) is 0 Å². The van der Waals surface area contributed by atoms with Crippen LogP contribution in [-0.4, -0.2) is 0 Å². The van der Waals surface area contributed by atoms with E-state index < -0.39 is 0 Å². The monoisotopic (exact) mass is 196 g/mol. The zero-order chi connectivity index (χ0) is 10.6. The minimum atomic E-state index is 0.740. The summed E-state index contributed by atoms with van der Waals surface area (Å²) in [5, 5.41) is 0. The first-order chi connectivity index (χ1) is 6.56. The zero-order valence-corrected chi connectivity index (χ0v) is 10.6. The normalized spacial score (nSPS) is 22.1. The second kappa shape index (κ2) is 5.19. The van der Waals surface area contributed by atoms with Gasteiger partial charge >= 0.3 is 0 Å². The van der Waals surface area contributed by atoms with Gasteiger partial charge in [-0.1, -0.05) is 40.5 Å². The van der Waals surface area contributed by atoms with Gasteiger partial charge in [0.15, 0.2) is 0 Å². The molecule has 0 amide bonds. The lowest BCUT2D eigenvalue weighted by Gasteiger charge is -2.39. The van der Waals surface area contributed by atoms with Crippen LogP contribution in [-0.2, 0) is 0 Å². The largest absolute Gasteiger partial charge is 0.0651 e. The summed E-state index contributed by atoms with van der Waals surface area (Å²) in [6.07, 6.45) is 10.2. The van der Waals surface area contributed by atoms with Crippen molar-refractivity contribution in [3.8, 4) is 0 Å². The molecule has 1 unspecified atom stereocenters. The van der Waals surface area contributed by atoms with Crippen LogP contribution in [0.2, 0.25) is 0 Å². The van der Waals surface area contributed by atoms with Gasteiger partial charge in [-0.3, -0.25) is 0 Å². The molecule has 0 bridgehead atoms. The minimum absolute atomic E-state index is 0.740. The van der Waals surface area contributed by atoms with E-state index in [1.165, 1.54) is 44.9 Å². The van der Waals surface area contributed by atoms with Gasteiger partial charge in [0.05, 0.1) is 0 Å². The highest BCUT2D eigenvalue weighted by Gasteiger charge is 2.31. The maximum absolute atomic E-state index is 2.48. The lowest BCUT2D eigenvalue weighted by Crippen LogP contribution is -2.26. The Kier molecular flexibility index (Phi) is 4.47. The molecule has 0 spiro atoms. The van der Waals surface area contributed by atoms with E-state index in [0.717, 1.165) is 17.3 Å². The predicted molar refractivity (Wildman–Crippen MR) is 64.4 cm³/mol. The summed E-state index contributed by atoms with van der Waals surface area (Å²) in [6.45, 7) is 9.55. The highest BCUT2D eigenvalue weighted by molar-refractivity contribution is 4.83. The average molecular weight is 196 g/mol. The van der Waals surface area contributed by atoms with Crippen LogP contribution in [0.25, 0.3) is 0 Å². The SMILES string of the molecule is CCC(CCC1(C)CCC1)CC(C)C. The van der Waals surface area contributed by atoms with Crippen LogP contribution in [0.5, 0.6) is 0 Å². The molecule has 0 saturated heterocycles. The second-order valence-electron chi connectivity index (χ2n) is 6.11. The van der Waals surface area contributed by atoms with Crippen molar-refractivity contribution in [3.05, 3.63) is 0 Å². The third-order valence-corrected chi connectivity index (χ3v) is 4.10. The van der Waals surface area contributed by atoms with E-state index in [0.29, 0.717) is 0 Å². The summed E-state index contributed by atoms with van der Waals surface area (Å²) in [7, 11) is 0. The smallest absolute Gasteiger partial charge is 0.0326 e. The fourth-order valence-electron chi connectivity index (χ4n) is 2.74. The van der Waals surface area contributed by atoms with E-state index in [-0.39, 0.29) is 0 Å². The topological polar surface area (TPSA) is 0 Å². The van der Waals surface area contributed by atoms with Crippen LogP contribution in [0.3, 0.4) is 0 Å². The molecule has 1 fully saturated rings. The van der Waals surface area contributed by atoms with Crippen LogP contribution in [0.15, 0.2) is 0 Å². The molecule has 0 radical (unpaired) electrons. The van der Waals surface area contributed by atoms with Crippen molar-refractivity contribution >= 4 is 0 Å². The highest BCUT2D eigenvalue weighted by Crippen LogP contribution is 2.45. The van der Waals surface area contributed by atoms with Crippen molar-refractivity contribution in [1.82, 2.24) is 0 Å². The van der Waals surface area contributed by atoms with Gasteiger partial charge < -0.3 is 0 Å². The lowest BCUT2D eigenvalue weighted by molar-refractivity contribution is 0.129. The molecule has 14 heavy (non-hydrogen) atoms. The van der Waals surface area contributed by atoms with Gasteiger partial charge in [-0.2, -0.15) is 0 Å². The van der Waals surface area contributed by atoms with E-state index in [1.54, 1.807) is 0 Å². The van der Waals surface area contributed by atoms with Crippen molar-refractivity contribution in [3.63, 3.8) is 0 Å². The van der Waals surface area contributed by atoms with E-state index in [4.69, 9.17) is 0 Å². The first-order valence-corrected chi connectivity index (χ1v) is 6.56. The van der Waals surface area contributed by atoms with E-state index in [1.807, 2.05) is 0 Å². The molecule has 0 aromatic heterocycles. The summed E-state index contributed by atoms with van der Waals surface area (Å²) in [6, 6.07) is 0. The summed E-state index contributed by atoms with van der Waals surface area (Å²) >= 11 is 0. The molecule has 1 saturated carbocycles. The van der Waals surface area contributed by atoms with Gasteiger partial charge in [0, 0.05) is 0 Å². The van der Waals surface area contributed by atoms with Crippen molar-refractivity contribution in [2.45, 2.75) is 72.6 Å². The molecule has 0 N–H and O–H groups in total. The number of rotatable bonds is 6. The van der Waals surface area contributed by atoms with Crippen molar-refractivity contribution in [2.75, 3.05) is 0 Å². The van der Waals surface area contributed by atoms with Crippen LogP contribution >= 0.6 is 0 Å². The molecule has 0 heteroatoms. The van der Waals surface area contributed by atoms with Crippen LogP contribution in [0.4, 0.5) is 0 Å². The Bertz CT molecular complexity index is 153. The Balaban J connectivity index is 2.19. The quantitative estimate of drug-likeness (QED) is 0.559. The minimum Gasteiger partial charge on any atom is -0.0651 e. The van der Waals surface area contributed by atoms with Gasteiger partial charge in [0.2, 0.25) is 0 Å². The summed E-state index contributed by atoms with van der Waals surface area (Å²) in [4.78, 5) is 0. The molecule has 0 aromatic carbocycles. The molecule has 1 rings (SSSR count).